The van der Waals surface area contributed by atoms with Crippen molar-refractivity contribution in [3.8, 4) is 10.4 Å². The summed E-state index contributed by atoms with van der Waals surface area (Å²) in [5, 5.41) is 10.4. The predicted octanol–water partition coefficient (Wildman–Crippen LogP) is 3.16. The number of ether oxygens (including phenoxy) is 2. The average Bonchev–Trinajstić information content (AvgIpc) is 3.28. The standard InChI is InChI=1S/C20H25NO3S/c22-19-13-16(12-18(19)21-8-10-23-11-9-21)24-14-17-6-7-20(25-17)15-4-2-1-3-5-15/h1-7,16,18-19,22H,8-14H2/t16?,18-,19?/m1/s1. The molecular weight excluding hydrogens is 334 g/mol. The van der Waals surface area contributed by atoms with Gasteiger partial charge in [0.2, 0.25) is 0 Å². The molecular formula is C20H25NO3S. The van der Waals surface area contributed by atoms with Crippen LogP contribution in [0.3, 0.4) is 0 Å². The van der Waals surface area contributed by atoms with Gasteiger partial charge in [0.25, 0.3) is 0 Å². The summed E-state index contributed by atoms with van der Waals surface area (Å²) in [5.74, 6) is 0. The fraction of sp³-hybridized carbons (Fsp3) is 0.500. The van der Waals surface area contributed by atoms with Crippen molar-refractivity contribution in [3.05, 3.63) is 47.3 Å². The first-order chi connectivity index (χ1) is 12.3. The SMILES string of the molecule is OC1CC(OCc2ccc(-c3ccccc3)s2)C[C@H]1N1CCOCC1. The number of aliphatic hydroxyl groups excluding tert-OH is 1. The van der Waals surface area contributed by atoms with Crippen LogP contribution in [0.2, 0.25) is 0 Å². The summed E-state index contributed by atoms with van der Waals surface area (Å²) in [6.07, 6.45) is 1.51. The van der Waals surface area contributed by atoms with E-state index in [0.717, 1.165) is 39.1 Å². The summed E-state index contributed by atoms with van der Waals surface area (Å²) in [4.78, 5) is 4.87. The molecule has 5 heteroatoms. The van der Waals surface area contributed by atoms with Crippen LogP contribution < -0.4 is 0 Å². The molecule has 2 aliphatic rings. The van der Waals surface area contributed by atoms with Gasteiger partial charge in [0.15, 0.2) is 0 Å². The maximum atomic E-state index is 10.4. The van der Waals surface area contributed by atoms with Crippen molar-refractivity contribution in [2.45, 2.75) is 37.7 Å². The van der Waals surface area contributed by atoms with Crippen molar-refractivity contribution in [2.75, 3.05) is 26.3 Å². The van der Waals surface area contributed by atoms with Crippen LogP contribution in [0.25, 0.3) is 10.4 Å². The second-order valence-corrected chi connectivity index (χ2v) is 7.99. The van der Waals surface area contributed by atoms with Crippen molar-refractivity contribution in [1.82, 2.24) is 4.90 Å². The third-order valence-corrected chi connectivity index (χ3v) is 6.26. The normalized spacial score (nSPS) is 27.6. The number of aliphatic hydroxyl groups is 1. The van der Waals surface area contributed by atoms with E-state index in [9.17, 15) is 5.11 Å². The topological polar surface area (TPSA) is 41.9 Å². The van der Waals surface area contributed by atoms with Crippen molar-refractivity contribution < 1.29 is 14.6 Å². The van der Waals surface area contributed by atoms with Crippen LogP contribution in [0.15, 0.2) is 42.5 Å². The first-order valence-electron chi connectivity index (χ1n) is 9.05. The monoisotopic (exact) mass is 359 g/mol. The molecule has 1 aromatic carbocycles. The zero-order valence-corrected chi connectivity index (χ0v) is 15.2. The fourth-order valence-electron chi connectivity index (χ4n) is 3.80. The molecule has 1 aliphatic heterocycles. The first kappa shape index (κ1) is 17.2. The van der Waals surface area contributed by atoms with Gasteiger partial charge in [0, 0.05) is 35.3 Å². The van der Waals surface area contributed by atoms with Gasteiger partial charge in [-0.05, 0) is 24.1 Å². The van der Waals surface area contributed by atoms with Crippen LogP contribution in [0, 0.1) is 0 Å². The molecule has 2 fully saturated rings. The summed E-state index contributed by atoms with van der Waals surface area (Å²) >= 11 is 1.78. The molecule has 2 aromatic rings. The van der Waals surface area contributed by atoms with E-state index in [2.05, 4.69) is 41.3 Å². The molecule has 25 heavy (non-hydrogen) atoms. The lowest BCUT2D eigenvalue weighted by molar-refractivity contribution is -0.0121. The van der Waals surface area contributed by atoms with E-state index in [1.165, 1.54) is 15.3 Å². The van der Waals surface area contributed by atoms with E-state index >= 15 is 0 Å². The van der Waals surface area contributed by atoms with E-state index < -0.39 is 0 Å². The number of hydrogen-bond donors (Lipinski definition) is 1. The van der Waals surface area contributed by atoms with Gasteiger partial charge < -0.3 is 14.6 Å². The fourth-order valence-corrected chi connectivity index (χ4v) is 4.74. The number of nitrogens with zero attached hydrogens (tertiary/aromatic N) is 1. The van der Waals surface area contributed by atoms with Gasteiger partial charge in [-0.1, -0.05) is 30.3 Å². The lowest BCUT2D eigenvalue weighted by atomic mass is 10.1. The Morgan fingerprint density at radius 3 is 2.68 bits per heavy atom. The maximum absolute atomic E-state index is 10.4. The zero-order chi connectivity index (χ0) is 17.1. The highest BCUT2D eigenvalue weighted by Gasteiger charge is 2.37. The van der Waals surface area contributed by atoms with Crippen LogP contribution in [0.4, 0.5) is 0 Å². The van der Waals surface area contributed by atoms with E-state index in [-0.39, 0.29) is 18.2 Å². The molecule has 4 nitrogen and oxygen atoms in total. The summed E-state index contributed by atoms with van der Waals surface area (Å²) < 4.78 is 11.5. The maximum Gasteiger partial charge on any atom is 0.0813 e. The molecule has 0 radical (unpaired) electrons. The molecule has 1 aromatic heterocycles. The minimum atomic E-state index is -0.286. The van der Waals surface area contributed by atoms with Crippen LogP contribution in [-0.4, -0.2) is 54.6 Å². The molecule has 0 spiro atoms. The van der Waals surface area contributed by atoms with E-state index in [4.69, 9.17) is 9.47 Å². The van der Waals surface area contributed by atoms with Crippen LogP contribution >= 0.6 is 11.3 Å². The minimum Gasteiger partial charge on any atom is -0.391 e. The summed E-state index contributed by atoms with van der Waals surface area (Å²) in [6, 6.07) is 15.0. The Bertz CT molecular complexity index is 669. The largest absolute Gasteiger partial charge is 0.391 e. The molecule has 0 amide bonds. The summed E-state index contributed by atoms with van der Waals surface area (Å²) in [7, 11) is 0. The molecule has 4 rings (SSSR count). The molecule has 2 unspecified atom stereocenters. The highest BCUT2D eigenvalue weighted by atomic mass is 32.1. The number of benzene rings is 1. The highest BCUT2D eigenvalue weighted by Crippen LogP contribution is 2.31. The second kappa shape index (κ2) is 7.98. The third-order valence-electron chi connectivity index (χ3n) is 5.15. The lowest BCUT2D eigenvalue weighted by Gasteiger charge is -2.33. The number of rotatable bonds is 5. The van der Waals surface area contributed by atoms with E-state index in [1.54, 1.807) is 11.3 Å². The average molecular weight is 359 g/mol. The molecule has 134 valence electrons. The Morgan fingerprint density at radius 1 is 1.08 bits per heavy atom. The van der Waals surface area contributed by atoms with Gasteiger partial charge in [0.1, 0.15) is 0 Å². The Kier molecular flexibility index (Phi) is 5.48. The van der Waals surface area contributed by atoms with Gasteiger partial charge >= 0.3 is 0 Å². The van der Waals surface area contributed by atoms with Crippen LogP contribution in [0.5, 0.6) is 0 Å². The van der Waals surface area contributed by atoms with Crippen molar-refractivity contribution in [1.29, 1.82) is 0 Å². The number of morpholine rings is 1. The van der Waals surface area contributed by atoms with E-state index in [0.29, 0.717) is 6.61 Å². The van der Waals surface area contributed by atoms with Gasteiger partial charge in [-0.25, -0.2) is 0 Å². The molecule has 1 aliphatic carbocycles. The lowest BCUT2D eigenvalue weighted by Crippen LogP contribution is -2.46. The van der Waals surface area contributed by atoms with Gasteiger partial charge in [-0.15, -0.1) is 11.3 Å². The van der Waals surface area contributed by atoms with Crippen LogP contribution in [-0.2, 0) is 16.1 Å². The molecule has 1 saturated carbocycles. The van der Waals surface area contributed by atoms with E-state index in [1.807, 2.05) is 6.07 Å². The second-order valence-electron chi connectivity index (χ2n) is 6.82. The van der Waals surface area contributed by atoms with Crippen molar-refractivity contribution >= 4 is 11.3 Å². The molecule has 2 heterocycles. The molecule has 1 saturated heterocycles. The molecule has 1 N–H and O–H groups in total. The smallest absolute Gasteiger partial charge is 0.0813 e. The zero-order valence-electron chi connectivity index (χ0n) is 14.3. The first-order valence-corrected chi connectivity index (χ1v) is 9.87. The van der Waals surface area contributed by atoms with Crippen molar-refractivity contribution in [2.24, 2.45) is 0 Å². The summed E-state index contributed by atoms with van der Waals surface area (Å²) in [5.41, 5.74) is 1.25. The minimum absolute atomic E-state index is 0.144. The molecule has 3 atom stereocenters. The van der Waals surface area contributed by atoms with Crippen LogP contribution in [0.1, 0.15) is 17.7 Å². The quantitative estimate of drug-likeness (QED) is 0.890. The predicted molar refractivity (Wildman–Crippen MR) is 99.8 cm³/mol. The Balaban J connectivity index is 1.31. The summed E-state index contributed by atoms with van der Waals surface area (Å²) in [6.45, 7) is 4.00. The molecule has 0 bridgehead atoms. The number of thiophene rings is 1. The van der Waals surface area contributed by atoms with Crippen molar-refractivity contribution in [3.63, 3.8) is 0 Å². The Labute approximate surface area is 153 Å². The third kappa shape index (κ3) is 4.13. The highest BCUT2D eigenvalue weighted by molar-refractivity contribution is 7.15. The van der Waals surface area contributed by atoms with Gasteiger partial charge in [-0.2, -0.15) is 0 Å². The Hall–Kier alpha value is -1.24. The van der Waals surface area contributed by atoms with Gasteiger partial charge in [0.05, 0.1) is 32.0 Å². The Morgan fingerprint density at radius 2 is 1.88 bits per heavy atom. The number of hydrogen-bond acceptors (Lipinski definition) is 5. The van der Waals surface area contributed by atoms with Gasteiger partial charge in [-0.3, -0.25) is 4.90 Å².